The van der Waals surface area contributed by atoms with E-state index < -0.39 is 18.2 Å². The van der Waals surface area contributed by atoms with E-state index in [4.69, 9.17) is 14.5 Å². The van der Waals surface area contributed by atoms with Gasteiger partial charge in [0.2, 0.25) is 0 Å². The zero-order valence-corrected chi connectivity index (χ0v) is 28.1. The Morgan fingerprint density at radius 1 is 0.809 bits per heavy atom. The molecule has 8 heteroatoms. The van der Waals surface area contributed by atoms with Gasteiger partial charge in [-0.15, -0.1) is 0 Å². The summed E-state index contributed by atoms with van der Waals surface area (Å²) in [5.74, 6) is -0.178. The summed E-state index contributed by atoms with van der Waals surface area (Å²) in [6, 6.07) is 20.1. The van der Waals surface area contributed by atoms with Crippen molar-refractivity contribution in [2.75, 3.05) is 13.2 Å². The van der Waals surface area contributed by atoms with Crippen LogP contribution in [0.2, 0.25) is 0 Å². The van der Waals surface area contributed by atoms with Crippen LogP contribution in [0.5, 0.6) is 5.75 Å². The average molecular weight is 656 g/mol. The highest BCUT2D eigenvalue weighted by atomic mass is 19.4. The van der Waals surface area contributed by atoms with Crippen LogP contribution in [0.1, 0.15) is 115 Å². The van der Waals surface area contributed by atoms with Gasteiger partial charge in [-0.1, -0.05) is 101 Å². The highest BCUT2D eigenvalue weighted by molar-refractivity contribution is 5.82. The number of hydrogen-bond acceptors (Lipinski definition) is 4. The molecule has 1 N–H and O–H groups in total. The van der Waals surface area contributed by atoms with Gasteiger partial charge in [0.05, 0.1) is 18.5 Å². The lowest BCUT2D eigenvalue weighted by molar-refractivity contribution is -0.214. The van der Waals surface area contributed by atoms with E-state index in [1.165, 1.54) is 44.9 Å². The van der Waals surface area contributed by atoms with Gasteiger partial charge in [-0.25, -0.2) is 0 Å². The second-order valence-electron chi connectivity index (χ2n) is 12.4. The van der Waals surface area contributed by atoms with Gasteiger partial charge in [0.15, 0.2) is 6.10 Å². The molecule has 0 aliphatic heterocycles. The number of alkyl halides is 3. The predicted molar refractivity (Wildman–Crippen MR) is 183 cm³/mol. The molecule has 2 atom stereocenters. The van der Waals surface area contributed by atoms with Crippen LogP contribution in [-0.4, -0.2) is 41.6 Å². The number of carbonyl (C=O) groups is 1. The van der Waals surface area contributed by atoms with E-state index in [2.05, 4.69) is 19.1 Å². The van der Waals surface area contributed by atoms with Crippen LogP contribution in [0.4, 0.5) is 13.2 Å². The Bertz CT molecular complexity index is 1300. The Balaban J connectivity index is 1.71. The van der Waals surface area contributed by atoms with Gasteiger partial charge in [-0.05, 0) is 79.8 Å². The molecule has 0 fully saturated rings. The number of unbranched alkanes of at least 4 members (excludes halogenated alkanes) is 8. The van der Waals surface area contributed by atoms with E-state index in [1.807, 2.05) is 48.5 Å². The Morgan fingerprint density at radius 3 is 2.13 bits per heavy atom. The maximum Gasteiger partial charge on any atom is 0.414 e. The van der Waals surface area contributed by atoms with Crippen LogP contribution >= 0.6 is 0 Å². The first-order chi connectivity index (χ1) is 22.7. The summed E-state index contributed by atoms with van der Waals surface area (Å²) in [7, 11) is 0. The Morgan fingerprint density at radius 2 is 1.49 bits per heavy atom. The van der Waals surface area contributed by atoms with Crippen LogP contribution in [0.3, 0.4) is 0 Å². The first kappa shape index (κ1) is 38.1. The molecule has 0 bridgehead atoms. The highest BCUT2D eigenvalue weighted by Crippen LogP contribution is 2.37. The monoisotopic (exact) mass is 655 g/mol. The van der Waals surface area contributed by atoms with E-state index in [0.717, 1.165) is 53.5 Å². The van der Waals surface area contributed by atoms with Crippen molar-refractivity contribution in [2.45, 2.75) is 122 Å². The third kappa shape index (κ3) is 14.1. The number of carboxylic acids is 1. The fourth-order valence-corrected chi connectivity index (χ4v) is 5.79. The minimum Gasteiger partial charge on any atom is -0.492 e. The molecule has 2 aromatic carbocycles. The van der Waals surface area contributed by atoms with Gasteiger partial charge < -0.3 is 14.6 Å². The van der Waals surface area contributed by atoms with Crippen LogP contribution in [0.15, 0.2) is 66.9 Å². The van der Waals surface area contributed by atoms with Gasteiger partial charge in [0.25, 0.3) is 0 Å². The van der Waals surface area contributed by atoms with Crippen molar-refractivity contribution >= 4 is 5.97 Å². The maximum absolute atomic E-state index is 12.9. The topological polar surface area (TPSA) is 68.7 Å². The van der Waals surface area contributed by atoms with E-state index in [1.54, 1.807) is 6.20 Å². The number of halogens is 3. The second kappa shape index (κ2) is 20.8. The highest BCUT2D eigenvalue weighted by Gasteiger charge is 2.36. The molecule has 0 saturated carbocycles. The van der Waals surface area contributed by atoms with Gasteiger partial charge in [-0.2, -0.15) is 13.2 Å². The number of carboxylic acid groups (broad SMARTS) is 1. The summed E-state index contributed by atoms with van der Waals surface area (Å²) in [4.78, 5) is 16.0. The van der Waals surface area contributed by atoms with Crippen molar-refractivity contribution in [1.29, 1.82) is 0 Å². The van der Waals surface area contributed by atoms with Crippen LogP contribution < -0.4 is 4.74 Å². The molecule has 3 aromatic rings. The fourth-order valence-electron chi connectivity index (χ4n) is 5.79. The number of hydrogen-bond donors (Lipinski definition) is 1. The average Bonchev–Trinajstić information content (AvgIpc) is 3.06. The van der Waals surface area contributed by atoms with E-state index in [-0.39, 0.29) is 18.9 Å². The first-order valence-electron chi connectivity index (χ1n) is 17.4. The summed E-state index contributed by atoms with van der Waals surface area (Å²) < 4.78 is 49.8. The minimum absolute atomic E-state index is 0.0207. The molecule has 47 heavy (non-hydrogen) atoms. The molecule has 0 spiro atoms. The number of ether oxygens (including phenoxy) is 2. The third-order valence-electron chi connectivity index (χ3n) is 8.60. The number of aromatic nitrogens is 1. The number of rotatable bonds is 23. The summed E-state index contributed by atoms with van der Waals surface area (Å²) in [6.07, 6.45) is 8.95. The normalized spacial score (nSPS) is 13.0. The van der Waals surface area contributed by atoms with Gasteiger partial charge in [0, 0.05) is 18.6 Å². The van der Waals surface area contributed by atoms with Gasteiger partial charge in [0.1, 0.15) is 5.75 Å². The Kier molecular flexibility index (Phi) is 16.8. The third-order valence-corrected chi connectivity index (χ3v) is 8.60. The maximum atomic E-state index is 12.9. The smallest absolute Gasteiger partial charge is 0.414 e. The molecule has 3 rings (SSSR count). The fraction of sp³-hybridized carbons (Fsp3) is 0.538. The number of aliphatic carboxylic acids is 1. The van der Waals surface area contributed by atoms with Crippen molar-refractivity contribution in [1.82, 2.24) is 4.98 Å². The van der Waals surface area contributed by atoms with Crippen molar-refractivity contribution in [3.8, 4) is 28.1 Å². The molecule has 0 amide bonds. The van der Waals surface area contributed by atoms with Gasteiger partial charge in [-0.3, -0.25) is 9.78 Å². The summed E-state index contributed by atoms with van der Waals surface area (Å²) in [5, 5.41) is 9.22. The first-order valence-corrected chi connectivity index (χ1v) is 17.4. The number of pyridine rings is 1. The SMILES string of the molecule is CCCCCCCCCCCOc1ccc(-c2cc(C(CCCOC(C)C(F)(F)F)CCCC(=O)O)ccc2-c2ccccc2)nc1. The van der Waals surface area contributed by atoms with Crippen LogP contribution in [0.25, 0.3) is 22.4 Å². The number of nitrogens with zero attached hydrogens (tertiary/aromatic N) is 1. The molecule has 0 aliphatic carbocycles. The number of benzene rings is 2. The summed E-state index contributed by atoms with van der Waals surface area (Å²) in [5.41, 5.74) is 4.77. The molecule has 2 unspecified atom stereocenters. The summed E-state index contributed by atoms with van der Waals surface area (Å²) >= 11 is 0. The van der Waals surface area contributed by atoms with E-state index >= 15 is 0 Å². The van der Waals surface area contributed by atoms with Crippen LogP contribution in [0, 0.1) is 0 Å². The molecule has 258 valence electrons. The molecule has 0 radical (unpaired) electrons. The Hall–Kier alpha value is -3.39. The molecule has 5 nitrogen and oxygen atoms in total. The van der Waals surface area contributed by atoms with Crippen molar-refractivity contribution in [2.24, 2.45) is 0 Å². The lowest BCUT2D eigenvalue weighted by atomic mass is 9.86. The standard InChI is InChI=1S/C39H52F3NO4/c1-3-4-5-6-7-8-9-10-14-26-47-34-23-25-37(43-29-34)36-28-33(22-24-35(36)32-17-12-11-13-18-32)31(19-15-21-38(44)45)20-16-27-46-30(2)39(40,41)42/h11-13,17-18,22-25,28-31H,3-10,14-16,19-21,26-27H2,1-2H3,(H,44,45). The molecular weight excluding hydrogens is 603 g/mol. The molecule has 0 saturated heterocycles. The minimum atomic E-state index is -4.40. The molecule has 1 aromatic heterocycles. The van der Waals surface area contributed by atoms with Crippen molar-refractivity contribution < 1.29 is 32.5 Å². The Labute approximate surface area is 278 Å². The zero-order valence-electron chi connectivity index (χ0n) is 28.1. The molecule has 0 aliphatic rings. The summed E-state index contributed by atoms with van der Waals surface area (Å²) in [6.45, 7) is 3.89. The zero-order chi connectivity index (χ0) is 33.9. The van der Waals surface area contributed by atoms with E-state index in [0.29, 0.717) is 32.3 Å². The molecule has 1 heterocycles. The molecular formula is C39H52F3NO4. The lowest BCUT2D eigenvalue weighted by Gasteiger charge is -2.21. The van der Waals surface area contributed by atoms with Crippen LogP contribution in [-0.2, 0) is 9.53 Å². The largest absolute Gasteiger partial charge is 0.492 e. The second-order valence-corrected chi connectivity index (χ2v) is 12.4. The lowest BCUT2D eigenvalue weighted by Crippen LogP contribution is -2.28. The van der Waals surface area contributed by atoms with Crippen molar-refractivity contribution in [3.63, 3.8) is 0 Å². The van der Waals surface area contributed by atoms with Gasteiger partial charge >= 0.3 is 12.1 Å². The van der Waals surface area contributed by atoms with E-state index in [9.17, 15) is 23.1 Å². The van der Waals surface area contributed by atoms with Crippen molar-refractivity contribution in [3.05, 3.63) is 72.4 Å². The quantitative estimate of drug-likeness (QED) is 0.103. The predicted octanol–water partition coefficient (Wildman–Crippen LogP) is 11.4.